The second kappa shape index (κ2) is 7.34. The molecule has 1 heterocycles. The molecule has 21 heavy (non-hydrogen) atoms. The molecule has 0 aliphatic carbocycles. The highest BCUT2D eigenvalue weighted by atomic mass is 16.5. The Kier molecular flexibility index (Phi) is 5.48. The first-order chi connectivity index (χ1) is 10.1. The van der Waals surface area contributed by atoms with Gasteiger partial charge >= 0.3 is 0 Å². The number of rotatable bonds is 6. The molecule has 1 aliphatic heterocycles. The lowest BCUT2D eigenvalue weighted by Gasteiger charge is -2.21. The van der Waals surface area contributed by atoms with Gasteiger partial charge in [-0.3, -0.25) is 4.79 Å². The van der Waals surface area contributed by atoms with Crippen molar-refractivity contribution in [3.63, 3.8) is 0 Å². The second-order valence-electron chi connectivity index (χ2n) is 5.81. The highest BCUT2D eigenvalue weighted by Gasteiger charge is 2.17. The molecule has 0 saturated heterocycles. The fourth-order valence-corrected chi connectivity index (χ4v) is 2.64. The van der Waals surface area contributed by atoms with Crippen molar-refractivity contribution in [2.45, 2.75) is 58.6 Å². The van der Waals surface area contributed by atoms with Crippen molar-refractivity contribution in [2.24, 2.45) is 0 Å². The van der Waals surface area contributed by atoms with E-state index in [-0.39, 0.29) is 11.9 Å². The number of ether oxygens (including phenoxy) is 1. The Morgan fingerprint density at radius 1 is 1.43 bits per heavy atom. The van der Waals surface area contributed by atoms with E-state index in [0.29, 0.717) is 0 Å². The van der Waals surface area contributed by atoms with Crippen LogP contribution in [0.15, 0.2) is 18.2 Å². The van der Waals surface area contributed by atoms with Crippen LogP contribution in [0.25, 0.3) is 0 Å². The van der Waals surface area contributed by atoms with Crippen molar-refractivity contribution < 1.29 is 9.53 Å². The van der Waals surface area contributed by atoms with Crippen molar-refractivity contribution >= 4 is 11.6 Å². The van der Waals surface area contributed by atoms with Gasteiger partial charge in [0.15, 0.2) is 6.10 Å². The number of hydrogen-bond donors (Lipinski definition) is 2. The maximum Gasteiger partial charge on any atom is 0.260 e. The van der Waals surface area contributed by atoms with Gasteiger partial charge in [0.05, 0.1) is 0 Å². The number of nitrogens with one attached hydrogen (secondary N) is 2. The first-order valence-corrected chi connectivity index (χ1v) is 7.94. The maximum atomic E-state index is 12.1. The third-order valence-electron chi connectivity index (χ3n) is 3.81. The average Bonchev–Trinajstić information content (AvgIpc) is 2.47. The molecule has 0 radical (unpaired) electrons. The van der Waals surface area contributed by atoms with E-state index in [9.17, 15) is 4.79 Å². The van der Waals surface area contributed by atoms with Gasteiger partial charge < -0.3 is 15.4 Å². The SMILES string of the molecule is CCCC(C)NC(=O)C(C)Oc1ccc2c(c1)NCCC2. The lowest BCUT2D eigenvalue weighted by molar-refractivity contribution is -0.127. The normalized spacial score (nSPS) is 16.3. The third-order valence-corrected chi connectivity index (χ3v) is 3.81. The number of carbonyl (C=O) groups is 1. The van der Waals surface area contributed by atoms with E-state index in [4.69, 9.17) is 4.74 Å². The lowest BCUT2D eigenvalue weighted by Crippen LogP contribution is -2.41. The molecule has 1 amide bonds. The smallest absolute Gasteiger partial charge is 0.260 e. The molecular formula is C17H26N2O2. The first-order valence-electron chi connectivity index (χ1n) is 7.94. The van der Waals surface area contributed by atoms with Gasteiger partial charge in [-0.05, 0) is 44.7 Å². The van der Waals surface area contributed by atoms with Gasteiger partial charge in [-0.2, -0.15) is 0 Å². The van der Waals surface area contributed by atoms with E-state index in [2.05, 4.69) is 23.6 Å². The Morgan fingerprint density at radius 3 is 3.00 bits per heavy atom. The Bertz CT molecular complexity index is 488. The molecule has 2 rings (SSSR count). The number of aryl methyl sites for hydroxylation is 1. The zero-order valence-electron chi connectivity index (χ0n) is 13.2. The molecule has 0 spiro atoms. The largest absolute Gasteiger partial charge is 0.481 e. The summed E-state index contributed by atoms with van der Waals surface area (Å²) in [7, 11) is 0. The van der Waals surface area contributed by atoms with Gasteiger partial charge in [0.1, 0.15) is 5.75 Å². The van der Waals surface area contributed by atoms with Crippen molar-refractivity contribution in [3.05, 3.63) is 23.8 Å². The summed E-state index contributed by atoms with van der Waals surface area (Å²) >= 11 is 0. The maximum absolute atomic E-state index is 12.1. The average molecular weight is 290 g/mol. The Labute approximate surface area is 127 Å². The van der Waals surface area contributed by atoms with Gasteiger partial charge in [0, 0.05) is 24.3 Å². The Morgan fingerprint density at radius 2 is 2.24 bits per heavy atom. The van der Waals surface area contributed by atoms with Gasteiger partial charge in [-0.25, -0.2) is 0 Å². The summed E-state index contributed by atoms with van der Waals surface area (Å²) in [5, 5.41) is 6.36. The van der Waals surface area contributed by atoms with Crippen LogP contribution in [0.2, 0.25) is 0 Å². The molecule has 1 aromatic rings. The van der Waals surface area contributed by atoms with Crippen LogP contribution in [0.5, 0.6) is 5.75 Å². The van der Waals surface area contributed by atoms with Crippen molar-refractivity contribution in [3.8, 4) is 5.75 Å². The van der Waals surface area contributed by atoms with Gasteiger partial charge in [0.25, 0.3) is 5.91 Å². The molecule has 4 nitrogen and oxygen atoms in total. The summed E-state index contributed by atoms with van der Waals surface area (Å²) in [4.78, 5) is 12.1. The minimum absolute atomic E-state index is 0.0540. The minimum atomic E-state index is -0.481. The predicted octanol–water partition coefficient (Wildman–Crippen LogP) is 3.12. The van der Waals surface area contributed by atoms with Crippen LogP contribution in [0, 0.1) is 0 Å². The summed E-state index contributed by atoms with van der Waals surface area (Å²) in [5.74, 6) is 0.690. The fourth-order valence-electron chi connectivity index (χ4n) is 2.64. The van der Waals surface area contributed by atoms with Crippen LogP contribution in [-0.4, -0.2) is 24.6 Å². The number of anilines is 1. The van der Waals surface area contributed by atoms with Crippen LogP contribution < -0.4 is 15.4 Å². The summed E-state index contributed by atoms with van der Waals surface area (Å²) < 4.78 is 5.77. The van der Waals surface area contributed by atoms with Crippen LogP contribution in [0.4, 0.5) is 5.69 Å². The molecule has 0 saturated carbocycles. The van der Waals surface area contributed by atoms with Crippen molar-refractivity contribution in [1.82, 2.24) is 5.32 Å². The molecule has 2 unspecified atom stereocenters. The molecule has 116 valence electrons. The van der Waals surface area contributed by atoms with Gasteiger partial charge in [-0.1, -0.05) is 19.4 Å². The summed E-state index contributed by atoms with van der Waals surface area (Å²) in [6.07, 6.45) is 3.84. The minimum Gasteiger partial charge on any atom is -0.481 e. The van der Waals surface area contributed by atoms with Crippen LogP contribution >= 0.6 is 0 Å². The number of hydrogen-bond acceptors (Lipinski definition) is 3. The zero-order valence-corrected chi connectivity index (χ0v) is 13.2. The number of amides is 1. The van der Waals surface area contributed by atoms with Gasteiger partial charge in [0.2, 0.25) is 0 Å². The monoisotopic (exact) mass is 290 g/mol. The number of carbonyl (C=O) groups excluding carboxylic acids is 1. The van der Waals surface area contributed by atoms with E-state index in [0.717, 1.165) is 37.2 Å². The number of fused-ring (bicyclic) bond motifs is 1. The standard InChI is InChI=1S/C17H26N2O2/c1-4-6-12(2)19-17(20)13(3)21-15-9-8-14-7-5-10-18-16(14)11-15/h8-9,11-13,18H,4-7,10H2,1-3H3,(H,19,20). The summed E-state index contributed by atoms with van der Waals surface area (Å²) in [6, 6.07) is 6.22. The Balaban J connectivity index is 1.92. The fraction of sp³-hybridized carbons (Fsp3) is 0.588. The van der Waals surface area contributed by atoms with Crippen LogP contribution in [0.1, 0.15) is 45.6 Å². The van der Waals surface area contributed by atoms with Crippen molar-refractivity contribution in [2.75, 3.05) is 11.9 Å². The molecule has 1 aromatic carbocycles. The molecule has 0 aromatic heterocycles. The van der Waals surface area contributed by atoms with E-state index >= 15 is 0 Å². The molecule has 0 fully saturated rings. The second-order valence-corrected chi connectivity index (χ2v) is 5.81. The molecular weight excluding hydrogens is 264 g/mol. The lowest BCUT2D eigenvalue weighted by atomic mass is 10.0. The van der Waals surface area contributed by atoms with Crippen molar-refractivity contribution in [1.29, 1.82) is 0 Å². The molecule has 4 heteroatoms. The van der Waals surface area contributed by atoms with Gasteiger partial charge in [-0.15, -0.1) is 0 Å². The summed E-state index contributed by atoms with van der Waals surface area (Å²) in [5.41, 5.74) is 2.45. The first kappa shape index (κ1) is 15.7. The highest BCUT2D eigenvalue weighted by Crippen LogP contribution is 2.27. The quantitative estimate of drug-likeness (QED) is 0.846. The molecule has 2 atom stereocenters. The topological polar surface area (TPSA) is 50.4 Å². The third kappa shape index (κ3) is 4.38. The highest BCUT2D eigenvalue weighted by molar-refractivity contribution is 5.81. The molecule has 0 bridgehead atoms. The number of benzene rings is 1. The molecule has 2 N–H and O–H groups in total. The zero-order chi connectivity index (χ0) is 15.2. The predicted molar refractivity (Wildman–Crippen MR) is 85.9 cm³/mol. The van der Waals surface area contributed by atoms with E-state index in [1.165, 1.54) is 12.0 Å². The summed E-state index contributed by atoms with van der Waals surface area (Å²) in [6.45, 7) is 6.93. The van der Waals surface area contributed by atoms with E-state index < -0.39 is 6.10 Å². The van der Waals surface area contributed by atoms with Crippen LogP contribution in [-0.2, 0) is 11.2 Å². The Hall–Kier alpha value is -1.71. The van der Waals surface area contributed by atoms with Crippen LogP contribution in [0.3, 0.4) is 0 Å². The van der Waals surface area contributed by atoms with E-state index in [1.807, 2.05) is 19.1 Å². The molecule has 1 aliphatic rings. The van der Waals surface area contributed by atoms with E-state index in [1.54, 1.807) is 6.92 Å².